The summed E-state index contributed by atoms with van der Waals surface area (Å²) in [5.74, 6) is 0.680. The van der Waals surface area contributed by atoms with Crippen LogP contribution in [-0.2, 0) is 6.42 Å². The first kappa shape index (κ1) is 12.7. The molecule has 4 nitrogen and oxygen atoms in total. The zero-order valence-corrected chi connectivity index (χ0v) is 11.0. The van der Waals surface area contributed by atoms with Gasteiger partial charge in [-0.25, -0.2) is 4.39 Å². The van der Waals surface area contributed by atoms with Gasteiger partial charge in [0, 0.05) is 23.4 Å². The molecule has 0 saturated heterocycles. The highest BCUT2D eigenvalue weighted by Crippen LogP contribution is 2.29. The number of benzene rings is 2. The molecule has 1 aromatic heterocycles. The van der Waals surface area contributed by atoms with Crippen molar-refractivity contribution in [2.75, 3.05) is 0 Å². The fourth-order valence-corrected chi connectivity index (χ4v) is 2.18. The van der Waals surface area contributed by atoms with Gasteiger partial charge in [-0.15, -0.1) is 0 Å². The van der Waals surface area contributed by atoms with Gasteiger partial charge in [-0.3, -0.25) is 0 Å². The number of nitrogens with two attached hydrogens (primary N) is 1. The second kappa shape index (κ2) is 5.02. The van der Waals surface area contributed by atoms with Crippen molar-refractivity contribution in [3.05, 3.63) is 48.0 Å². The van der Waals surface area contributed by atoms with E-state index in [1.165, 1.54) is 6.07 Å². The minimum Gasteiger partial charge on any atom is -0.334 e. The van der Waals surface area contributed by atoms with E-state index in [1.54, 1.807) is 18.2 Å². The van der Waals surface area contributed by atoms with Gasteiger partial charge in [0.15, 0.2) is 5.82 Å². The van der Waals surface area contributed by atoms with Crippen LogP contribution in [0.15, 0.2) is 40.9 Å². The summed E-state index contributed by atoms with van der Waals surface area (Å²) in [4.78, 5) is 4.32. The molecule has 2 aromatic carbocycles. The van der Waals surface area contributed by atoms with Gasteiger partial charge >= 0.3 is 0 Å². The van der Waals surface area contributed by atoms with E-state index in [-0.39, 0.29) is 11.9 Å². The Hall–Kier alpha value is -2.27. The van der Waals surface area contributed by atoms with Crippen LogP contribution in [0.4, 0.5) is 4.39 Å². The van der Waals surface area contributed by atoms with Gasteiger partial charge in [0.05, 0.1) is 0 Å². The number of nitrogens with zero attached hydrogens (tertiary/aromatic N) is 2. The molecular formula is C15H14FN3O. The largest absolute Gasteiger partial charge is 0.334 e. The van der Waals surface area contributed by atoms with E-state index in [0.717, 1.165) is 10.9 Å². The second-order valence-electron chi connectivity index (χ2n) is 4.84. The number of hydrogen-bond donors (Lipinski definition) is 1. The zero-order chi connectivity index (χ0) is 14.1. The Bertz CT molecular complexity index is 752. The van der Waals surface area contributed by atoms with Crippen LogP contribution < -0.4 is 5.73 Å². The van der Waals surface area contributed by atoms with Gasteiger partial charge in [-0.2, -0.15) is 4.98 Å². The molecule has 0 aliphatic rings. The van der Waals surface area contributed by atoms with Crippen molar-refractivity contribution < 1.29 is 8.91 Å². The van der Waals surface area contributed by atoms with E-state index in [0.29, 0.717) is 23.5 Å². The third kappa shape index (κ3) is 2.28. The first-order valence-corrected chi connectivity index (χ1v) is 6.41. The summed E-state index contributed by atoms with van der Waals surface area (Å²) in [5, 5.41) is 5.19. The lowest BCUT2D eigenvalue weighted by molar-refractivity contribution is 0.420. The van der Waals surface area contributed by atoms with Crippen LogP contribution in [-0.4, -0.2) is 16.2 Å². The monoisotopic (exact) mass is 271 g/mol. The molecule has 0 aliphatic heterocycles. The molecule has 0 spiro atoms. The lowest BCUT2D eigenvalue weighted by Gasteiger charge is -2.03. The highest BCUT2D eigenvalue weighted by Gasteiger charge is 2.14. The van der Waals surface area contributed by atoms with Crippen molar-refractivity contribution in [1.82, 2.24) is 10.1 Å². The summed E-state index contributed by atoms with van der Waals surface area (Å²) >= 11 is 0. The standard InChI is InChI=1S/C15H14FN3O/c1-9(17)8-14-18-15(20-19-14)12-6-7-13(16)11-5-3-2-4-10(11)12/h2-7,9H,8,17H2,1H3. The molecule has 20 heavy (non-hydrogen) atoms. The third-order valence-corrected chi connectivity index (χ3v) is 3.07. The van der Waals surface area contributed by atoms with Gasteiger partial charge in [-0.05, 0) is 24.4 Å². The highest BCUT2D eigenvalue weighted by molar-refractivity contribution is 5.95. The number of fused-ring (bicyclic) bond motifs is 1. The van der Waals surface area contributed by atoms with Crippen molar-refractivity contribution >= 4 is 10.8 Å². The Balaban J connectivity index is 2.10. The van der Waals surface area contributed by atoms with Crippen LogP contribution in [0.2, 0.25) is 0 Å². The highest BCUT2D eigenvalue weighted by atomic mass is 19.1. The average Bonchev–Trinajstić information content (AvgIpc) is 2.87. The predicted molar refractivity (Wildman–Crippen MR) is 74.6 cm³/mol. The minimum absolute atomic E-state index is 0.0367. The van der Waals surface area contributed by atoms with Gasteiger partial charge in [0.25, 0.3) is 5.89 Å². The quantitative estimate of drug-likeness (QED) is 0.795. The molecule has 2 N–H and O–H groups in total. The van der Waals surface area contributed by atoms with Crippen molar-refractivity contribution in [1.29, 1.82) is 0 Å². The summed E-state index contributed by atoms with van der Waals surface area (Å²) < 4.78 is 19.0. The van der Waals surface area contributed by atoms with Gasteiger partial charge in [0.1, 0.15) is 5.82 Å². The molecule has 0 saturated carbocycles. The van der Waals surface area contributed by atoms with E-state index in [1.807, 2.05) is 19.1 Å². The molecule has 0 bridgehead atoms. The molecular weight excluding hydrogens is 257 g/mol. The SMILES string of the molecule is CC(N)Cc1noc(-c2ccc(F)c3ccccc23)n1. The van der Waals surface area contributed by atoms with Gasteiger partial charge < -0.3 is 10.3 Å². The van der Waals surface area contributed by atoms with Crippen LogP contribution in [0.5, 0.6) is 0 Å². The summed E-state index contributed by atoms with van der Waals surface area (Å²) in [5.41, 5.74) is 6.44. The Labute approximate surface area is 115 Å². The van der Waals surface area contributed by atoms with E-state index >= 15 is 0 Å². The molecule has 3 aromatic rings. The maximum Gasteiger partial charge on any atom is 0.258 e. The van der Waals surface area contributed by atoms with E-state index in [9.17, 15) is 4.39 Å². The molecule has 1 heterocycles. The van der Waals surface area contributed by atoms with E-state index in [4.69, 9.17) is 10.3 Å². The summed E-state index contributed by atoms with van der Waals surface area (Å²) in [6.45, 7) is 1.88. The smallest absolute Gasteiger partial charge is 0.258 e. The predicted octanol–water partition coefficient (Wildman–Crippen LogP) is 2.92. The maximum absolute atomic E-state index is 13.8. The lowest BCUT2D eigenvalue weighted by Crippen LogP contribution is -2.18. The molecule has 1 unspecified atom stereocenters. The average molecular weight is 271 g/mol. The van der Waals surface area contributed by atoms with E-state index in [2.05, 4.69) is 10.1 Å². The molecule has 0 amide bonds. The maximum atomic E-state index is 13.8. The fraction of sp³-hybridized carbons (Fsp3) is 0.200. The molecule has 0 fully saturated rings. The van der Waals surface area contributed by atoms with Crippen LogP contribution in [0, 0.1) is 5.82 Å². The Morgan fingerprint density at radius 2 is 1.95 bits per heavy atom. The Morgan fingerprint density at radius 1 is 1.20 bits per heavy atom. The van der Waals surface area contributed by atoms with Crippen molar-refractivity contribution in [3.63, 3.8) is 0 Å². The normalized spacial score (nSPS) is 12.8. The summed E-state index contributed by atoms with van der Waals surface area (Å²) in [7, 11) is 0. The fourth-order valence-electron chi connectivity index (χ4n) is 2.18. The van der Waals surface area contributed by atoms with Crippen LogP contribution in [0.25, 0.3) is 22.2 Å². The van der Waals surface area contributed by atoms with Crippen molar-refractivity contribution in [2.24, 2.45) is 5.73 Å². The number of halogens is 1. The summed E-state index contributed by atoms with van der Waals surface area (Å²) in [6, 6.07) is 10.2. The molecule has 0 aliphatic carbocycles. The Morgan fingerprint density at radius 3 is 2.70 bits per heavy atom. The Kier molecular flexibility index (Phi) is 3.20. The molecule has 0 radical (unpaired) electrons. The molecule has 3 rings (SSSR count). The first-order valence-electron chi connectivity index (χ1n) is 6.41. The number of hydrogen-bond acceptors (Lipinski definition) is 4. The third-order valence-electron chi connectivity index (χ3n) is 3.07. The minimum atomic E-state index is -0.264. The lowest BCUT2D eigenvalue weighted by atomic mass is 10.0. The number of aromatic nitrogens is 2. The molecule has 1 atom stereocenters. The number of rotatable bonds is 3. The zero-order valence-electron chi connectivity index (χ0n) is 11.0. The second-order valence-corrected chi connectivity index (χ2v) is 4.84. The van der Waals surface area contributed by atoms with Crippen molar-refractivity contribution in [3.8, 4) is 11.5 Å². The molecule has 5 heteroatoms. The summed E-state index contributed by atoms with van der Waals surface area (Å²) in [6.07, 6.45) is 0.544. The van der Waals surface area contributed by atoms with Gasteiger partial charge in [0.2, 0.25) is 0 Å². The van der Waals surface area contributed by atoms with Crippen molar-refractivity contribution in [2.45, 2.75) is 19.4 Å². The van der Waals surface area contributed by atoms with Crippen LogP contribution >= 0.6 is 0 Å². The first-order chi connectivity index (χ1) is 9.65. The van der Waals surface area contributed by atoms with Gasteiger partial charge in [-0.1, -0.05) is 29.4 Å². The topological polar surface area (TPSA) is 64.9 Å². The van der Waals surface area contributed by atoms with Crippen LogP contribution in [0.3, 0.4) is 0 Å². The van der Waals surface area contributed by atoms with E-state index < -0.39 is 0 Å². The van der Waals surface area contributed by atoms with Crippen LogP contribution in [0.1, 0.15) is 12.7 Å². The molecule has 102 valence electrons.